The van der Waals surface area contributed by atoms with Crippen molar-refractivity contribution in [2.75, 3.05) is 18.9 Å². The highest BCUT2D eigenvalue weighted by atomic mass is 16.6. The van der Waals surface area contributed by atoms with E-state index in [1.807, 2.05) is 18.2 Å². The van der Waals surface area contributed by atoms with Gasteiger partial charge in [-0.2, -0.15) is 14.6 Å². The van der Waals surface area contributed by atoms with Gasteiger partial charge in [-0.05, 0) is 24.3 Å². The highest BCUT2D eigenvalue weighted by Crippen LogP contribution is 2.23. The van der Waals surface area contributed by atoms with E-state index in [9.17, 15) is 0 Å². The van der Waals surface area contributed by atoms with Gasteiger partial charge in [0.1, 0.15) is 6.10 Å². The number of furan rings is 1. The first-order valence-electron chi connectivity index (χ1n) is 9.80. The van der Waals surface area contributed by atoms with E-state index in [0.29, 0.717) is 49.2 Å². The molecule has 31 heavy (non-hydrogen) atoms. The van der Waals surface area contributed by atoms with E-state index < -0.39 is 0 Å². The quantitative estimate of drug-likeness (QED) is 0.437. The Morgan fingerprint density at radius 1 is 1.06 bits per heavy atom. The smallest absolute Gasteiger partial charge is 0.225 e. The van der Waals surface area contributed by atoms with Crippen LogP contribution in [0.2, 0.25) is 0 Å². The average molecular weight is 418 g/mol. The van der Waals surface area contributed by atoms with Gasteiger partial charge in [-0.15, -0.1) is 5.10 Å². The van der Waals surface area contributed by atoms with Gasteiger partial charge in [-0.1, -0.05) is 6.07 Å². The molecule has 0 aromatic carbocycles. The van der Waals surface area contributed by atoms with Crippen LogP contribution in [0.3, 0.4) is 0 Å². The summed E-state index contributed by atoms with van der Waals surface area (Å²) in [7, 11) is 0. The molecule has 11 nitrogen and oxygen atoms in total. The summed E-state index contributed by atoms with van der Waals surface area (Å²) in [5, 5.41) is 9.63. The summed E-state index contributed by atoms with van der Waals surface area (Å²) in [5.74, 6) is 1.21. The molecule has 0 unspecified atom stereocenters. The number of anilines is 1. The van der Waals surface area contributed by atoms with Crippen molar-refractivity contribution in [2.45, 2.75) is 19.3 Å². The van der Waals surface area contributed by atoms with E-state index in [0.717, 1.165) is 16.8 Å². The maximum atomic E-state index is 6.16. The number of pyridine rings is 1. The van der Waals surface area contributed by atoms with Crippen LogP contribution in [0, 0.1) is 0 Å². The second kappa shape index (κ2) is 7.15. The van der Waals surface area contributed by atoms with Crippen LogP contribution >= 0.6 is 0 Å². The van der Waals surface area contributed by atoms with Gasteiger partial charge in [-0.25, -0.2) is 9.67 Å². The van der Waals surface area contributed by atoms with Crippen molar-refractivity contribution >= 4 is 22.6 Å². The first-order valence-corrected chi connectivity index (χ1v) is 9.80. The molecule has 6 rings (SSSR count). The number of fused-ring (bicyclic) bond motifs is 3. The molecule has 1 aliphatic heterocycles. The molecule has 0 amide bonds. The third-order valence-corrected chi connectivity index (χ3v) is 5.09. The summed E-state index contributed by atoms with van der Waals surface area (Å²) in [4.78, 5) is 13.7. The number of hydrogen-bond donors (Lipinski definition) is 1. The summed E-state index contributed by atoms with van der Waals surface area (Å²) in [6.45, 7) is 2.17. The normalized spacial score (nSPS) is 14.5. The van der Waals surface area contributed by atoms with Gasteiger partial charge in [0.2, 0.25) is 11.8 Å². The van der Waals surface area contributed by atoms with Crippen LogP contribution in [0.4, 0.5) is 5.95 Å². The SMILES string of the molecule is Nc1nc2c(cnn2Cc2cccc(COC3COC3)n2)c2nc(-c3ccco3)nn12. The Balaban J connectivity index is 1.32. The van der Waals surface area contributed by atoms with Gasteiger partial charge in [0.15, 0.2) is 17.1 Å². The van der Waals surface area contributed by atoms with E-state index in [4.69, 9.17) is 19.6 Å². The monoisotopic (exact) mass is 418 g/mol. The summed E-state index contributed by atoms with van der Waals surface area (Å²) in [5.41, 5.74) is 9.03. The van der Waals surface area contributed by atoms with Crippen LogP contribution in [0.1, 0.15) is 11.4 Å². The van der Waals surface area contributed by atoms with Gasteiger partial charge >= 0.3 is 0 Å². The Kier molecular flexibility index (Phi) is 4.14. The fourth-order valence-corrected chi connectivity index (χ4v) is 3.45. The lowest BCUT2D eigenvalue weighted by Crippen LogP contribution is -2.35. The van der Waals surface area contributed by atoms with Crippen molar-refractivity contribution in [3.63, 3.8) is 0 Å². The highest BCUT2D eigenvalue weighted by molar-refractivity contribution is 5.90. The largest absolute Gasteiger partial charge is 0.461 e. The van der Waals surface area contributed by atoms with Crippen molar-refractivity contribution in [2.24, 2.45) is 0 Å². The minimum absolute atomic E-state index is 0.157. The summed E-state index contributed by atoms with van der Waals surface area (Å²) in [6, 6.07) is 9.41. The number of rotatable bonds is 6. The average Bonchev–Trinajstić information content (AvgIpc) is 3.47. The number of ether oxygens (including phenoxy) is 2. The Labute approximate surface area is 175 Å². The topological polar surface area (TPSA) is 131 Å². The summed E-state index contributed by atoms with van der Waals surface area (Å²) in [6.07, 6.45) is 3.44. The Morgan fingerprint density at radius 2 is 1.97 bits per heavy atom. The number of aromatic nitrogens is 7. The molecule has 156 valence electrons. The predicted molar refractivity (Wildman–Crippen MR) is 109 cm³/mol. The van der Waals surface area contributed by atoms with Crippen LogP contribution in [0.15, 0.2) is 47.2 Å². The molecule has 1 saturated heterocycles. The molecule has 0 bridgehead atoms. The van der Waals surface area contributed by atoms with Crippen LogP contribution in [-0.4, -0.2) is 53.7 Å². The molecule has 1 aliphatic rings. The molecule has 0 saturated carbocycles. The van der Waals surface area contributed by atoms with Crippen molar-refractivity contribution in [3.05, 3.63) is 54.2 Å². The molecule has 0 radical (unpaired) electrons. The summed E-state index contributed by atoms with van der Waals surface area (Å²) >= 11 is 0. The van der Waals surface area contributed by atoms with Gasteiger partial charge < -0.3 is 19.6 Å². The molecular formula is C20H18N8O3. The Bertz CT molecular complexity index is 1370. The Morgan fingerprint density at radius 3 is 2.77 bits per heavy atom. The minimum Gasteiger partial charge on any atom is -0.461 e. The van der Waals surface area contributed by atoms with Gasteiger partial charge in [0, 0.05) is 0 Å². The maximum Gasteiger partial charge on any atom is 0.225 e. The van der Waals surface area contributed by atoms with Gasteiger partial charge in [-0.3, -0.25) is 4.98 Å². The molecule has 2 N–H and O–H groups in total. The first-order chi connectivity index (χ1) is 15.2. The van der Waals surface area contributed by atoms with E-state index >= 15 is 0 Å². The molecule has 6 heterocycles. The Hall–Kier alpha value is -3.83. The zero-order chi connectivity index (χ0) is 20.8. The molecule has 11 heteroatoms. The zero-order valence-corrected chi connectivity index (χ0v) is 16.4. The molecule has 5 aromatic heterocycles. The fourth-order valence-electron chi connectivity index (χ4n) is 3.45. The van der Waals surface area contributed by atoms with Crippen LogP contribution in [0.25, 0.3) is 28.3 Å². The second-order valence-electron chi connectivity index (χ2n) is 7.25. The zero-order valence-electron chi connectivity index (χ0n) is 16.4. The van der Waals surface area contributed by atoms with Gasteiger partial charge in [0.05, 0.1) is 55.6 Å². The summed E-state index contributed by atoms with van der Waals surface area (Å²) < 4.78 is 19.5. The number of nitrogens with zero attached hydrogens (tertiary/aromatic N) is 7. The van der Waals surface area contributed by atoms with E-state index in [1.165, 1.54) is 4.52 Å². The van der Waals surface area contributed by atoms with E-state index in [1.54, 1.807) is 29.3 Å². The predicted octanol–water partition coefficient (Wildman–Crippen LogP) is 1.67. The molecule has 0 spiro atoms. The van der Waals surface area contributed by atoms with E-state index in [-0.39, 0.29) is 12.1 Å². The van der Waals surface area contributed by atoms with E-state index in [2.05, 4.69) is 25.1 Å². The number of nitrogen functional groups attached to an aromatic ring is 1. The lowest BCUT2D eigenvalue weighted by molar-refractivity contribution is -0.135. The molecule has 5 aromatic rings. The van der Waals surface area contributed by atoms with Crippen molar-refractivity contribution in [1.82, 2.24) is 34.3 Å². The molecule has 1 fully saturated rings. The van der Waals surface area contributed by atoms with Crippen molar-refractivity contribution in [3.8, 4) is 11.6 Å². The molecular weight excluding hydrogens is 400 g/mol. The number of hydrogen-bond acceptors (Lipinski definition) is 9. The first kappa shape index (κ1) is 18.0. The van der Waals surface area contributed by atoms with Crippen molar-refractivity contribution < 1.29 is 13.9 Å². The minimum atomic E-state index is 0.157. The van der Waals surface area contributed by atoms with Gasteiger partial charge in [0.25, 0.3) is 0 Å². The maximum absolute atomic E-state index is 6.16. The third kappa shape index (κ3) is 3.20. The van der Waals surface area contributed by atoms with Crippen LogP contribution in [0.5, 0.6) is 0 Å². The number of nitrogens with two attached hydrogens (primary N) is 1. The standard InChI is InChI=1S/C20H18N8O3/c21-20-25-18-15(19-24-17(26-28(19)20)16-5-2-6-30-16)7-22-27(18)8-12-3-1-4-13(23-12)9-31-14-10-29-11-14/h1-7,14H,8-11H2,(H2,21,25). The fraction of sp³-hybridized carbons (Fsp3) is 0.250. The lowest BCUT2D eigenvalue weighted by Gasteiger charge is -2.25. The third-order valence-electron chi connectivity index (χ3n) is 5.09. The lowest BCUT2D eigenvalue weighted by atomic mass is 10.3. The highest BCUT2D eigenvalue weighted by Gasteiger charge is 2.20. The van der Waals surface area contributed by atoms with Crippen LogP contribution in [-0.2, 0) is 22.6 Å². The molecule has 0 atom stereocenters. The van der Waals surface area contributed by atoms with Crippen molar-refractivity contribution in [1.29, 1.82) is 0 Å². The molecule has 0 aliphatic carbocycles. The van der Waals surface area contributed by atoms with Crippen LogP contribution < -0.4 is 5.73 Å². The second-order valence-corrected chi connectivity index (χ2v) is 7.25.